The maximum absolute atomic E-state index is 4.51. The van der Waals surface area contributed by atoms with Crippen molar-refractivity contribution in [3.8, 4) is 11.4 Å². The Balaban J connectivity index is 2.39. The molecule has 0 aliphatic heterocycles. The Bertz CT molecular complexity index is 486. The van der Waals surface area contributed by atoms with Crippen molar-refractivity contribution in [1.29, 1.82) is 0 Å². The molecule has 2 aromatic rings. The summed E-state index contributed by atoms with van der Waals surface area (Å²) in [5.74, 6) is 1.78. The van der Waals surface area contributed by atoms with Crippen LogP contribution >= 0.6 is 0 Å². The topological polar surface area (TPSA) is 41.6 Å². The van der Waals surface area contributed by atoms with Crippen LogP contribution in [-0.2, 0) is 6.42 Å². The zero-order chi connectivity index (χ0) is 11.5. The van der Waals surface area contributed by atoms with E-state index in [4.69, 9.17) is 0 Å². The molecule has 0 fully saturated rings. The number of aromatic amines is 1. The summed E-state index contributed by atoms with van der Waals surface area (Å²) in [4.78, 5) is 4.51. The minimum Gasteiger partial charge on any atom is -0.263 e. The number of hydrogen-bond acceptors (Lipinski definition) is 2. The molecule has 1 aromatic carbocycles. The van der Waals surface area contributed by atoms with E-state index in [9.17, 15) is 0 Å². The lowest BCUT2D eigenvalue weighted by Gasteiger charge is -2.03. The van der Waals surface area contributed by atoms with Crippen LogP contribution in [0.3, 0.4) is 0 Å². The summed E-state index contributed by atoms with van der Waals surface area (Å²) in [6, 6.07) is 6.23. The largest absolute Gasteiger partial charge is 0.263 e. The highest BCUT2D eigenvalue weighted by molar-refractivity contribution is 5.61. The molecule has 16 heavy (non-hydrogen) atoms. The first-order valence-corrected chi connectivity index (χ1v) is 5.70. The first-order chi connectivity index (χ1) is 7.72. The lowest BCUT2D eigenvalue weighted by atomic mass is 10.0. The molecule has 0 atom stereocenters. The van der Waals surface area contributed by atoms with E-state index in [0.29, 0.717) is 0 Å². The second kappa shape index (κ2) is 4.47. The van der Waals surface area contributed by atoms with Gasteiger partial charge >= 0.3 is 0 Å². The van der Waals surface area contributed by atoms with Gasteiger partial charge in [0.2, 0.25) is 0 Å². The van der Waals surface area contributed by atoms with E-state index >= 15 is 0 Å². The van der Waals surface area contributed by atoms with Gasteiger partial charge in [0.15, 0.2) is 5.82 Å². The van der Waals surface area contributed by atoms with Crippen LogP contribution in [0.2, 0.25) is 0 Å². The smallest absolute Gasteiger partial charge is 0.181 e. The van der Waals surface area contributed by atoms with Crippen LogP contribution in [0.15, 0.2) is 18.2 Å². The van der Waals surface area contributed by atoms with Crippen molar-refractivity contribution < 1.29 is 0 Å². The van der Waals surface area contributed by atoms with Crippen LogP contribution in [-0.4, -0.2) is 15.2 Å². The third kappa shape index (κ3) is 1.98. The highest BCUT2D eigenvalue weighted by Crippen LogP contribution is 2.22. The van der Waals surface area contributed by atoms with E-state index in [0.717, 1.165) is 30.1 Å². The van der Waals surface area contributed by atoms with E-state index in [2.05, 4.69) is 48.1 Å². The molecule has 3 nitrogen and oxygen atoms in total. The van der Waals surface area contributed by atoms with E-state index < -0.39 is 0 Å². The average Bonchev–Trinajstić information content (AvgIpc) is 2.71. The summed E-state index contributed by atoms with van der Waals surface area (Å²) < 4.78 is 0. The fraction of sp³-hybridized carbons (Fsp3) is 0.385. The summed E-state index contributed by atoms with van der Waals surface area (Å²) >= 11 is 0. The summed E-state index contributed by atoms with van der Waals surface area (Å²) in [5.41, 5.74) is 3.66. The maximum atomic E-state index is 4.51. The molecule has 3 heteroatoms. The molecule has 84 valence electrons. The van der Waals surface area contributed by atoms with E-state index in [-0.39, 0.29) is 0 Å². The van der Waals surface area contributed by atoms with Crippen molar-refractivity contribution in [2.24, 2.45) is 0 Å². The Morgan fingerprint density at radius 3 is 2.81 bits per heavy atom. The zero-order valence-corrected chi connectivity index (χ0v) is 10.0. The molecule has 0 unspecified atom stereocenters. The van der Waals surface area contributed by atoms with Gasteiger partial charge in [-0.15, -0.1) is 0 Å². The summed E-state index contributed by atoms with van der Waals surface area (Å²) in [5, 5.41) is 7.26. The Morgan fingerprint density at radius 2 is 2.06 bits per heavy atom. The molecule has 0 saturated carbocycles. The summed E-state index contributed by atoms with van der Waals surface area (Å²) in [7, 11) is 0. The van der Waals surface area contributed by atoms with Crippen molar-refractivity contribution in [2.75, 3.05) is 0 Å². The molecule has 0 bridgehead atoms. The summed E-state index contributed by atoms with van der Waals surface area (Å²) in [6.45, 7) is 6.36. The van der Waals surface area contributed by atoms with Gasteiger partial charge in [0.1, 0.15) is 5.82 Å². The van der Waals surface area contributed by atoms with Gasteiger partial charge in [0.25, 0.3) is 0 Å². The van der Waals surface area contributed by atoms with Crippen molar-refractivity contribution in [3.05, 3.63) is 35.2 Å². The van der Waals surface area contributed by atoms with Gasteiger partial charge in [-0.2, -0.15) is 5.10 Å². The normalized spacial score (nSPS) is 10.7. The molecule has 0 spiro atoms. The van der Waals surface area contributed by atoms with Gasteiger partial charge in [-0.05, 0) is 31.4 Å². The minimum atomic E-state index is 0.810. The van der Waals surface area contributed by atoms with Gasteiger partial charge in [-0.25, -0.2) is 4.98 Å². The number of aromatic nitrogens is 3. The van der Waals surface area contributed by atoms with Crippen LogP contribution in [0.5, 0.6) is 0 Å². The molecule has 0 saturated heterocycles. The number of benzene rings is 1. The number of nitrogens with zero attached hydrogens (tertiary/aromatic N) is 2. The van der Waals surface area contributed by atoms with Gasteiger partial charge in [-0.3, -0.25) is 5.10 Å². The maximum Gasteiger partial charge on any atom is 0.181 e. The molecule has 1 heterocycles. The van der Waals surface area contributed by atoms with Crippen LogP contribution in [0.4, 0.5) is 0 Å². The molecule has 0 aliphatic carbocycles. The lowest BCUT2D eigenvalue weighted by molar-refractivity contribution is 0.841. The van der Waals surface area contributed by atoms with Gasteiger partial charge < -0.3 is 0 Å². The fourth-order valence-corrected chi connectivity index (χ4v) is 1.76. The van der Waals surface area contributed by atoms with Crippen LogP contribution in [0, 0.1) is 13.8 Å². The third-order valence-electron chi connectivity index (χ3n) is 2.86. The van der Waals surface area contributed by atoms with E-state index in [1.807, 2.05) is 6.07 Å². The quantitative estimate of drug-likeness (QED) is 0.855. The first-order valence-electron chi connectivity index (χ1n) is 5.70. The highest BCUT2D eigenvalue weighted by Gasteiger charge is 2.08. The number of H-pyrrole nitrogens is 1. The van der Waals surface area contributed by atoms with Gasteiger partial charge in [0, 0.05) is 12.0 Å². The van der Waals surface area contributed by atoms with E-state index in [1.165, 1.54) is 11.1 Å². The van der Waals surface area contributed by atoms with Gasteiger partial charge in [0.05, 0.1) is 0 Å². The number of rotatable bonds is 3. The van der Waals surface area contributed by atoms with Gasteiger partial charge in [-0.1, -0.05) is 25.1 Å². The predicted molar refractivity (Wildman–Crippen MR) is 65.3 cm³/mol. The monoisotopic (exact) mass is 215 g/mol. The summed E-state index contributed by atoms with van der Waals surface area (Å²) in [6.07, 6.45) is 2.04. The van der Waals surface area contributed by atoms with Crippen LogP contribution < -0.4 is 0 Å². The standard InChI is InChI=1S/C13H17N3/c1-4-6-12-14-13(16-15-12)11-8-5-7-9(2)10(11)3/h5,7-8H,4,6H2,1-3H3,(H,14,15,16). The molecule has 1 N–H and O–H groups in total. The molecule has 0 amide bonds. The average molecular weight is 215 g/mol. The van der Waals surface area contributed by atoms with Crippen molar-refractivity contribution in [1.82, 2.24) is 15.2 Å². The van der Waals surface area contributed by atoms with Crippen molar-refractivity contribution in [2.45, 2.75) is 33.6 Å². The number of nitrogens with one attached hydrogen (secondary N) is 1. The Labute approximate surface area is 95.9 Å². The number of hydrogen-bond donors (Lipinski definition) is 1. The zero-order valence-electron chi connectivity index (χ0n) is 10.0. The molecule has 0 aliphatic rings. The third-order valence-corrected chi connectivity index (χ3v) is 2.86. The van der Waals surface area contributed by atoms with Crippen molar-refractivity contribution in [3.63, 3.8) is 0 Å². The predicted octanol–water partition coefficient (Wildman–Crippen LogP) is 3.04. The second-order valence-electron chi connectivity index (χ2n) is 4.10. The highest BCUT2D eigenvalue weighted by atomic mass is 15.2. The Hall–Kier alpha value is -1.64. The molecular formula is C13H17N3. The van der Waals surface area contributed by atoms with Crippen molar-refractivity contribution >= 4 is 0 Å². The van der Waals surface area contributed by atoms with Crippen LogP contribution in [0.1, 0.15) is 30.3 Å². The molecule has 0 radical (unpaired) electrons. The van der Waals surface area contributed by atoms with E-state index in [1.54, 1.807) is 0 Å². The van der Waals surface area contributed by atoms with Crippen LogP contribution in [0.25, 0.3) is 11.4 Å². The molecule has 2 rings (SSSR count). The lowest BCUT2D eigenvalue weighted by Crippen LogP contribution is -1.89. The number of aryl methyl sites for hydroxylation is 2. The fourth-order valence-electron chi connectivity index (χ4n) is 1.76. The molecule has 1 aromatic heterocycles. The second-order valence-corrected chi connectivity index (χ2v) is 4.10. The molecular weight excluding hydrogens is 198 g/mol. The Morgan fingerprint density at radius 1 is 1.25 bits per heavy atom. The minimum absolute atomic E-state index is 0.810. The SMILES string of the molecule is CCCc1nc(-c2cccc(C)c2C)n[nH]1. The first kappa shape index (κ1) is 10.9. The Kier molecular flexibility index (Phi) is 3.04.